The summed E-state index contributed by atoms with van der Waals surface area (Å²) in [5.74, 6) is 0. The van der Waals surface area contributed by atoms with Crippen LogP contribution in [0.25, 0.3) is 0 Å². The maximum absolute atomic E-state index is 4.64. The molecule has 1 aliphatic carbocycles. The lowest BCUT2D eigenvalue weighted by molar-refractivity contribution is 0.564. The molecule has 0 N–H and O–H groups in total. The van der Waals surface area contributed by atoms with Crippen molar-refractivity contribution < 1.29 is 0 Å². The average molecular weight is 352 g/mol. The van der Waals surface area contributed by atoms with Crippen molar-refractivity contribution in [3.05, 3.63) is 71.1 Å². The molecule has 0 spiro atoms. The van der Waals surface area contributed by atoms with Crippen molar-refractivity contribution in [2.75, 3.05) is 21.1 Å². The monoisotopic (exact) mass is 351 g/mol. The van der Waals surface area contributed by atoms with Crippen molar-refractivity contribution in [3.8, 4) is 0 Å². The summed E-state index contributed by atoms with van der Waals surface area (Å²) in [5.41, 5.74) is 7.20. The Morgan fingerprint density at radius 2 is 2.04 bits per heavy atom. The SMILES string of the molecule is C=CC(=C/N=C\C=C/N(C)C)/C(=C/C)C(=N\C)/C1=C(CC)CCC(C)=C1. The Morgan fingerprint density at radius 1 is 1.31 bits per heavy atom. The van der Waals surface area contributed by atoms with Gasteiger partial charge < -0.3 is 4.90 Å². The van der Waals surface area contributed by atoms with E-state index in [0.29, 0.717) is 0 Å². The Bertz CT molecular complexity index is 708. The second-order valence-corrected chi connectivity index (χ2v) is 6.53. The number of hydrogen-bond donors (Lipinski definition) is 0. The molecular weight excluding hydrogens is 318 g/mol. The van der Waals surface area contributed by atoms with Crippen LogP contribution in [0.5, 0.6) is 0 Å². The van der Waals surface area contributed by atoms with Crippen molar-refractivity contribution >= 4 is 11.9 Å². The molecular formula is C23H33N3. The van der Waals surface area contributed by atoms with Crippen LogP contribution in [0.15, 0.2) is 81.1 Å². The summed E-state index contributed by atoms with van der Waals surface area (Å²) in [6.07, 6.45) is 17.0. The highest BCUT2D eigenvalue weighted by Gasteiger charge is 2.18. The zero-order valence-electron chi connectivity index (χ0n) is 17.2. The van der Waals surface area contributed by atoms with E-state index in [-0.39, 0.29) is 0 Å². The fraction of sp³-hybridized carbons (Fsp3) is 0.391. The molecule has 0 aromatic carbocycles. The third-order valence-electron chi connectivity index (χ3n) is 4.34. The third kappa shape index (κ3) is 6.14. The smallest absolute Gasteiger partial charge is 0.0718 e. The average Bonchev–Trinajstić information content (AvgIpc) is 2.63. The lowest BCUT2D eigenvalue weighted by Gasteiger charge is -2.21. The predicted octanol–water partition coefficient (Wildman–Crippen LogP) is 5.67. The van der Waals surface area contributed by atoms with Gasteiger partial charge in [0.2, 0.25) is 0 Å². The van der Waals surface area contributed by atoms with Gasteiger partial charge in [-0.05, 0) is 44.8 Å². The Morgan fingerprint density at radius 3 is 2.58 bits per heavy atom. The van der Waals surface area contributed by atoms with Crippen LogP contribution in [0.3, 0.4) is 0 Å². The quantitative estimate of drug-likeness (QED) is 0.409. The predicted molar refractivity (Wildman–Crippen MR) is 117 cm³/mol. The largest absolute Gasteiger partial charge is 0.383 e. The van der Waals surface area contributed by atoms with E-state index in [9.17, 15) is 0 Å². The minimum atomic E-state index is 0.974. The summed E-state index contributed by atoms with van der Waals surface area (Å²) in [4.78, 5) is 11.0. The standard InChI is InChI=1S/C23H33N3/c1-8-19-13-12-18(4)16-22(19)23(24-5)21(10-3)20(9-2)17-25-14-11-15-26(6)7/h9-11,14-17H,2,8,12-13H2,1,3-7H3/b15-11-,20-17-,21-10-,24-23+,25-14-. The van der Waals surface area contributed by atoms with Crippen LogP contribution < -0.4 is 0 Å². The van der Waals surface area contributed by atoms with Crippen LogP contribution >= 0.6 is 0 Å². The molecule has 0 aliphatic heterocycles. The first kappa shape index (κ1) is 21.6. The van der Waals surface area contributed by atoms with Gasteiger partial charge in [0.15, 0.2) is 0 Å². The van der Waals surface area contributed by atoms with E-state index in [0.717, 1.165) is 36.1 Å². The molecule has 0 heterocycles. The third-order valence-corrected chi connectivity index (χ3v) is 4.34. The van der Waals surface area contributed by atoms with E-state index in [4.69, 9.17) is 0 Å². The molecule has 1 aliphatic rings. The molecule has 0 aromatic rings. The summed E-state index contributed by atoms with van der Waals surface area (Å²) >= 11 is 0. The van der Waals surface area contributed by atoms with E-state index in [1.54, 1.807) is 6.21 Å². The summed E-state index contributed by atoms with van der Waals surface area (Å²) in [5, 5.41) is 0. The van der Waals surface area contributed by atoms with Crippen LogP contribution in [-0.4, -0.2) is 38.0 Å². The first-order valence-electron chi connectivity index (χ1n) is 9.20. The highest BCUT2D eigenvalue weighted by molar-refractivity contribution is 6.17. The molecule has 0 fully saturated rings. The zero-order valence-corrected chi connectivity index (χ0v) is 17.2. The molecule has 0 aromatic heterocycles. The fourth-order valence-corrected chi connectivity index (χ4v) is 2.95. The molecule has 3 heteroatoms. The van der Waals surface area contributed by atoms with Crippen LogP contribution in [0.4, 0.5) is 0 Å². The van der Waals surface area contributed by atoms with Gasteiger partial charge in [-0.1, -0.05) is 42.9 Å². The number of aliphatic imine (C=N–C) groups is 2. The second kappa shape index (κ2) is 11.2. The van der Waals surface area contributed by atoms with Gasteiger partial charge in [0.05, 0.1) is 5.71 Å². The van der Waals surface area contributed by atoms with Crippen molar-refractivity contribution in [2.24, 2.45) is 9.98 Å². The number of hydrogen-bond acceptors (Lipinski definition) is 3. The Balaban J connectivity index is 3.25. The van der Waals surface area contributed by atoms with Crippen LogP contribution in [-0.2, 0) is 0 Å². The minimum absolute atomic E-state index is 0.974. The summed E-state index contributed by atoms with van der Waals surface area (Å²) in [7, 11) is 5.83. The summed E-state index contributed by atoms with van der Waals surface area (Å²) in [6.45, 7) is 10.4. The molecule has 0 amide bonds. The molecule has 0 saturated heterocycles. The van der Waals surface area contributed by atoms with E-state index in [1.807, 2.05) is 57.5 Å². The molecule has 0 unspecified atom stereocenters. The fourth-order valence-electron chi connectivity index (χ4n) is 2.95. The highest BCUT2D eigenvalue weighted by Crippen LogP contribution is 2.30. The van der Waals surface area contributed by atoms with Gasteiger partial charge in [-0.3, -0.25) is 9.98 Å². The molecule has 26 heavy (non-hydrogen) atoms. The van der Waals surface area contributed by atoms with Crippen molar-refractivity contribution in [2.45, 2.75) is 40.0 Å². The lowest BCUT2D eigenvalue weighted by Crippen LogP contribution is -2.12. The van der Waals surface area contributed by atoms with Crippen LogP contribution in [0.2, 0.25) is 0 Å². The lowest BCUT2D eigenvalue weighted by atomic mass is 9.85. The maximum Gasteiger partial charge on any atom is 0.0718 e. The van der Waals surface area contributed by atoms with Gasteiger partial charge in [0.25, 0.3) is 0 Å². The van der Waals surface area contributed by atoms with Crippen LogP contribution in [0.1, 0.15) is 40.0 Å². The van der Waals surface area contributed by atoms with Crippen molar-refractivity contribution in [1.29, 1.82) is 0 Å². The molecule has 0 saturated carbocycles. The van der Waals surface area contributed by atoms with Crippen molar-refractivity contribution in [1.82, 2.24) is 4.90 Å². The van der Waals surface area contributed by atoms with Gasteiger partial charge in [0.1, 0.15) is 0 Å². The maximum atomic E-state index is 4.64. The van der Waals surface area contributed by atoms with E-state index < -0.39 is 0 Å². The van der Waals surface area contributed by atoms with Gasteiger partial charge in [0, 0.05) is 50.9 Å². The second-order valence-electron chi connectivity index (χ2n) is 6.53. The summed E-state index contributed by atoms with van der Waals surface area (Å²) < 4.78 is 0. The number of rotatable bonds is 8. The van der Waals surface area contributed by atoms with Gasteiger partial charge in [-0.25, -0.2) is 0 Å². The molecule has 0 bridgehead atoms. The Labute approximate surface area is 159 Å². The number of nitrogens with zero attached hydrogens (tertiary/aromatic N) is 3. The molecule has 140 valence electrons. The number of allylic oxidation sites excluding steroid dienone is 9. The Hall–Kier alpha value is -2.42. The van der Waals surface area contributed by atoms with E-state index in [1.165, 1.54) is 16.7 Å². The molecule has 1 rings (SSSR count). The molecule has 3 nitrogen and oxygen atoms in total. The zero-order chi connectivity index (χ0) is 19.5. The van der Waals surface area contributed by atoms with Gasteiger partial charge in [-0.15, -0.1) is 0 Å². The van der Waals surface area contributed by atoms with E-state index in [2.05, 4.69) is 42.6 Å². The minimum Gasteiger partial charge on any atom is -0.383 e. The first-order valence-corrected chi connectivity index (χ1v) is 9.20. The first-order chi connectivity index (χ1) is 12.5. The van der Waals surface area contributed by atoms with Crippen molar-refractivity contribution in [3.63, 3.8) is 0 Å². The molecule has 0 radical (unpaired) electrons. The highest BCUT2D eigenvalue weighted by atomic mass is 15.0. The Kier molecular flexibility index (Phi) is 9.35. The van der Waals surface area contributed by atoms with Gasteiger partial charge in [-0.2, -0.15) is 0 Å². The van der Waals surface area contributed by atoms with Gasteiger partial charge >= 0.3 is 0 Å². The normalized spacial score (nSPS) is 17.3. The molecule has 0 atom stereocenters. The van der Waals surface area contributed by atoms with Crippen LogP contribution in [0, 0.1) is 0 Å². The topological polar surface area (TPSA) is 28.0 Å². The summed E-state index contributed by atoms with van der Waals surface area (Å²) in [6, 6.07) is 0. The van der Waals surface area contributed by atoms with E-state index >= 15 is 0 Å².